The standard InChI is InChI=1S/C13H21N3S/c1-10-7-8-14-13(16-10)17-11(2)9-15-12-5-3-4-6-12/h7-8,11-12,15H,3-6,9H2,1-2H3. The third-order valence-electron chi connectivity index (χ3n) is 3.13. The molecule has 3 nitrogen and oxygen atoms in total. The van der Waals surface area contributed by atoms with E-state index in [9.17, 15) is 0 Å². The molecule has 1 atom stereocenters. The van der Waals surface area contributed by atoms with Crippen LogP contribution in [0.5, 0.6) is 0 Å². The second-order valence-corrected chi connectivity index (χ2v) is 6.20. The monoisotopic (exact) mass is 251 g/mol. The van der Waals surface area contributed by atoms with Crippen molar-refractivity contribution in [3.63, 3.8) is 0 Å². The van der Waals surface area contributed by atoms with Crippen molar-refractivity contribution in [1.82, 2.24) is 15.3 Å². The molecule has 1 saturated carbocycles. The minimum Gasteiger partial charge on any atom is -0.313 e. The molecule has 0 bridgehead atoms. The van der Waals surface area contributed by atoms with Crippen LogP contribution in [0.2, 0.25) is 0 Å². The zero-order valence-electron chi connectivity index (χ0n) is 10.6. The van der Waals surface area contributed by atoms with E-state index in [1.165, 1.54) is 25.7 Å². The molecule has 1 aromatic rings. The molecule has 1 unspecified atom stereocenters. The molecule has 1 aliphatic carbocycles. The molecule has 94 valence electrons. The lowest BCUT2D eigenvalue weighted by Gasteiger charge is -2.15. The molecule has 0 spiro atoms. The van der Waals surface area contributed by atoms with Gasteiger partial charge in [-0.1, -0.05) is 31.5 Å². The third kappa shape index (κ3) is 4.28. The Morgan fingerprint density at radius 3 is 2.94 bits per heavy atom. The molecule has 2 rings (SSSR count). The first kappa shape index (κ1) is 12.8. The van der Waals surface area contributed by atoms with Crippen molar-refractivity contribution >= 4 is 11.8 Å². The fraction of sp³-hybridized carbons (Fsp3) is 0.692. The van der Waals surface area contributed by atoms with Gasteiger partial charge in [0.05, 0.1) is 0 Å². The first-order valence-corrected chi connectivity index (χ1v) is 7.31. The number of hydrogen-bond donors (Lipinski definition) is 1. The molecule has 1 aromatic heterocycles. The number of aromatic nitrogens is 2. The highest BCUT2D eigenvalue weighted by molar-refractivity contribution is 7.99. The number of nitrogens with zero attached hydrogens (tertiary/aromatic N) is 2. The zero-order chi connectivity index (χ0) is 12.1. The Morgan fingerprint density at radius 2 is 2.24 bits per heavy atom. The molecule has 1 N–H and O–H groups in total. The average molecular weight is 251 g/mol. The van der Waals surface area contributed by atoms with Gasteiger partial charge in [-0.25, -0.2) is 9.97 Å². The van der Waals surface area contributed by atoms with Gasteiger partial charge in [0, 0.05) is 29.7 Å². The van der Waals surface area contributed by atoms with Crippen LogP contribution in [0.25, 0.3) is 0 Å². The number of rotatable bonds is 5. The summed E-state index contributed by atoms with van der Waals surface area (Å²) in [5.74, 6) is 0. The highest BCUT2D eigenvalue weighted by atomic mass is 32.2. The molecule has 1 fully saturated rings. The van der Waals surface area contributed by atoms with Gasteiger partial charge in [0.15, 0.2) is 5.16 Å². The van der Waals surface area contributed by atoms with E-state index >= 15 is 0 Å². The van der Waals surface area contributed by atoms with Gasteiger partial charge >= 0.3 is 0 Å². The Bertz CT molecular complexity index is 350. The van der Waals surface area contributed by atoms with E-state index in [1.54, 1.807) is 11.8 Å². The van der Waals surface area contributed by atoms with Crippen LogP contribution in [0.1, 0.15) is 38.3 Å². The SMILES string of the molecule is Cc1ccnc(SC(C)CNC2CCCC2)n1. The molecule has 0 aliphatic heterocycles. The summed E-state index contributed by atoms with van der Waals surface area (Å²) in [5.41, 5.74) is 1.04. The maximum Gasteiger partial charge on any atom is 0.188 e. The van der Waals surface area contributed by atoms with Crippen LogP contribution in [0.15, 0.2) is 17.4 Å². The summed E-state index contributed by atoms with van der Waals surface area (Å²) in [6.45, 7) is 5.29. The Morgan fingerprint density at radius 1 is 1.47 bits per heavy atom. The topological polar surface area (TPSA) is 37.8 Å². The summed E-state index contributed by atoms with van der Waals surface area (Å²) in [6, 6.07) is 2.68. The Balaban J connectivity index is 1.74. The van der Waals surface area contributed by atoms with E-state index in [0.29, 0.717) is 5.25 Å². The Labute approximate surface area is 108 Å². The molecule has 4 heteroatoms. The van der Waals surface area contributed by atoms with Crippen molar-refractivity contribution < 1.29 is 0 Å². The fourth-order valence-corrected chi connectivity index (χ4v) is 3.02. The number of hydrogen-bond acceptors (Lipinski definition) is 4. The van der Waals surface area contributed by atoms with E-state index < -0.39 is 0 Å². The molecule has 0 radical (unpaired) electrons. The van der Waals surface area contributed by atoms with E-state index in [-0.39, 0.29) is 0 Å². The van der Waals surface area contributed by atoms with Crippen LogP contribution >= 0.6 is 11.8 Å². The summed E-state index contributed by atoms with van der Waals surface area (Å²) < 4.78 is 0. The van der Waals surface area contributed by atoms with Crippen molar-refractivity contribution in [3.8, 4) is 0 Å². The van der Waals surface area contributed by atoms with Crippen LogP contribution in [0.3, 0.4) is 0 Å². The van der Waals surface area contributed by atoms with Crippen LogP contribution in [0.4, 0.5) is 0 Å². The van der Waals surface area contributed by atoms with Crippen LogP contribution in [-0.2, 0) is 0 Å². The van der Waals surface area contributed by atoms with Gasteiger partial charge in [0.1, 0.15) is 0 Å². The van der Waals surface area contributed by atoms with Crippen molar-refractivity contribution in [2.45, 2.75) is 56.0 Å². The fourth-order valence-electron chi connectivity index (χ4n) is 2.17. The van der Waals surface area contributed by atoms with Gasteiger partial charge in [0.25, 0.3) is 0 Å². The van der Waals surface area contributed by atoms with Crippen molar-refractivity contribution in [2.75, 3.05) is 6.54 Å². The van der Waals surface area contributed by atoms with Gasteiger partial charge in [-0.05, 0) is 25.8 Å². The highest BCUT2D eigenvalue weighted by Crippen LogP contribution is 2.21. The lowest BCUT2D eigenvalue weighted by Crippen LogP contribution is -2.31. The van der Waals surface area contributed by atoms with Gasteiger partial charge < -0.3 is 5.32 Å². The number of nitrogens with one attached hydrogen (secondary N) is 1. The summed E-state index contributed by atoms with van der Waals surface area (Å²) in [7, 11) is 0. The molecule has 1 heterocycles. The van der Waals surface area contributed by atoms with Crippen molar-refractivity contribution in [2.24, 2.45) is 0 Å². The number of aryl methyl sites for hydroxylation is 1. The third-order valence-corrected chi connectivity index (χ3v) is 4.11. The lowest BCUT2D eigenvalue weighted by molar-refractivity contribution is 0.527. The molecule has 1 aliphatic rings. The number of thioether (sulfide) groups is 1. The predicted molar refractivity (Wildman–Crippen MR) is 72.3 cm³/mol. The lowest BCUT2D eigenvalue weighted by atomic mass is 10.2. The first-order valence-electron chi connectivity index (χ1n) is 6.44. The molecule has 0 aromatic carbocycles. The van der Waals surface area contributed by atoms with Crippen LogP contribution < -0.4 is 5.32 Å². The highest BCUT2D eigenvalue weighted by Gasteiger charge is 2.15. The van der Waals surface area contributed by atoms with Gasteiger partial charge in [-0.15, -0.1) is 0 Å². The van der Waals surface area contributed by atoms with Gasteiger partial charge in [0.2, 0.25) is 0 Å². The van der Waals surface area contributed by atoms with Crippen LogP contribution in [0, 0.1) is 6.92 Å². The summed E-state index contributed by atoms with van der Waals surface area (Å²) in [4.78, 5) is 8.70. The van der Waals surface area contributed by atoms with Gasteiger partial charge in [-0.2, -0.15) is 0 Å². The molecular weight excluding hydrogens is 230 g/mol. The summed E-state index contributed by atoms with van der Waals surface area (Å²) in [5, 5.41) is 5.06. The Kier molecular flexibility index (Phi) is 4.80. The zero-order valence-corrected chi connectivity index (χ0v) is 11.5. The minimum absolute atomic E-state index is 0.525. The second kappa shape index (κ2) is 6.36. The minimum atomic E-state index is 0.525. The smallest absolute Gasteiger partial charge is 0.188 e. The van der Waals surface area contributed by atoms with Crippen molar-refractivity contribution in [3.05, 3.63) is 18.0 Å². The normalized spacial score (nSPS) is 18.5. The van der Waals surface area contributed by atoms with Crippen LogP contribution in [-0.4, -0.2) is 27.8 Å². The quantitative estimate of drug-likeness (QED) is 0.645. The predicted octanol–water partition coefficient (Wildman–Crippen LogP) is 2.80. The molecule has 17 heavy (non-hydrogen) atoms. The molecule has 0 amide bonds. The van der Waals surface area contributed by atoms with E-state index in [4.69, 9.17) is 0 Å². The van der Waals surface area contributed by atoms with E-state index in [2.05, 4.69) is 22.2 Å². The van der Waals surface area contributed by atoms with Gasteiger partial charge in [-0.3, -0.25) is 0 Å². The first-order chi connectivity index (χ1) is 8.24. The maximum atomic E-state index is 4.42. The average Bonchev–Trinajstić information content (AvgIpc) is 2.79. The summed E-state index contributed by atoms with van der Waals surface area (Å²) in [6.07, 6.45) is 7.30. The second-order valence-electron chi connectivity index (χ2n) is 4.80. The molecule has 0 saturated heterocycles. The van der Waals surface area contributed by atoms with Crippen molar-refractivity contribution in [1.29, 1.82) is 0 Å². The largest absolute Gasteiger partial charge is 0.313 e. The molecular formula is C13H21N3S. The maximum absolute atomic E-state index is 4.42. The Hall–Kier alpha value is -0.610. The summed E-state index contributed by atoms with van der Waals surface area (Å²) >= 11 is 1.76. The van der Waals surface area contributed by atoms with E-state index in [1.807, 2.05) is 19.2 Å². The van der Waals surface area contributed by atoms with E-state index in [0.717, 1.165) is 23.4 Å².